The molecule has 0 spiro atoms. The number of rotatable bonds is 6. The highest BCUT2D eigenvalue weighted by molar-refractivity contribution is 5.93. The zero-order valence-corrected chi connectivity index (χ0v) is 13.1. The Morgan fingerprint density at radius 1 is 1.17 bits per heavy atom. The summed E-state index contributed by atoms with van der Waals surface area (Å²) in [6.45, 7) is 2.60. The van der Waals surface area contributed by atoms with Gasteiger partial charge in [0.2, 0.25) is 0 Å². The molecular formula is C17H19N3O3. The van der Waals surface area contributed by atoms with Gasteiger partial charge in [-0.25, -0.2) is 4.79 Å². The molecule has 0 fully saturated rings. The van der Waals surface area contributed by atoms with E-state index in [1.807, 2.05) is 13.0 Å². The summed E-state index contributed by atoms with van der Waals surface area (Å²) in [5, 5.41) is 5.93. The van der Waals surface area contributed by atoms with Gasteiger partial charge in [0.05, 0.1) is 12.7 Å². The molecule has 1 aromatic carbocycles. The van der Waals surface area contributed by atoms with Crippen molar-refractivity contribution in [3.63, 3.8) is 0 Å². The molecular weight excluding hydrogens is 294 g/mol. The fourth-order valence-corrected chi connectivity index (χ4v) is 1.97. The van der Waals surface area contributed by atoms with Crippen LogP contribution in [0.1, 0.15) is 34.2 Å². The number of ether oxygens (including phenoxy) is 1. The van der Waals surface area contributed by atoms with Gasteiger partial charge >= 0.3 is 5.97 Å². The zero-order chi connectivity index (χ0) is 16.7. The van der Waals surface area contributed by atoms with Crippen LogP contribution in [0.3, 0.4) is 0 Å². The second kappa shape index (κ2) is 7.93. The predicted octanol–water partition coefficient (Wildman–Crippen LogP) is 2.75. The molecule has 0 aliphatic rings. The molecule has 23 heavy (non-hydrogen) atoms. The molecule has 6 nitrogen and oxygen atoms in total. The Kier molecular flexibility index (Phi) is 5.68. The summed E-state index contributed by atoms with van der Waals surface area (Å²) in [7, 11) is 1.34. The molecule has 120 valence electrons. The lowest BCUT2D eigenvalue weighted by Crippen LogP contribution is -2.24. The van der Waals surface area contributed by atoms with Gasteiger partial charge in [-0.15, -0.1) is 0 Å². The highest BCUT2D eigenvalue weighted by Crippen LogP contribution is 2.18. The summed E-state index contributed by atoms with van der Waals surface area (Å²) >= 11 is 0. The quantitative estimate of drug-likeness (QED) is 0.802. The summed E-state index contributed by atoms with van der Waals surface area (Å²) in [6, 6.07) is 10.3. The number of nitrogens with zero attached hydrogens (tertiary/aromatic N) is 1. The third kappa shape index (κ3) is 4.54. The lowest BCUT2D eigenvalue weighted by molar-refractivity contribution is 0.0600. The fourth-order valence-electron chi connectivity index (χ4n) is 1.97. The molecule has 1 heterocycles. The number of nitrogens with one attached hydrogen (secondary N) is 2. The van der Waals surface area contributed by atoms with E-state index in [-0.39, 0.29) is 5.91 Å². The Morgan fingerprint density at radius 3 is 2.70 bits per heavy atom. The number of hydrogen-bond acceptors (Lipinski definition) is 5. The minimum Gasteiger partial charge on any atom is -0.465 e. The molecule has 0 atom stereocenters. The number of carbonyl (C=O) groups is 2. The van der Waals surface area contributed by atoms with Crippen LogP contribution in [-0.4, -0.2) is 30.5 Å². The fraction of sp³-hybridized carbons (Fsp3) is 0.235. The average molecular weight is 313 g/mol. The number of esters is 1. The minimum atomic E-state index is -0.400. The molecule has 0 saturated carbocycles. The molecule has 0 radical (unpaired) electrons. The topological polar surface area (TPSA) is 80.3 Å². The Bertz CT molecular complexity index is 701. The van der Waals surface area contributed by atoms with Crippen molar-refractivity contribution >= 4 is 23.3 Å². The van der Waals surface area contributed by atoms with Crippen LogP contribution >= 0.6 is 0 Å². The number of benzene rings is 1. The number of amides is 1. The van der Waals surface area contributed by atoms with E-state index in [1.165, 1.54) is 7.11 Å². The number of methoxy groups -OCH3 is 1. The maximum absolute atomic E-state index is 11.9. The van der Waals surface area contributed by atoms with E-state index < -0.39 is 5.97 Å². The minimum absolute atomic E-state index is 0.209. The lowest BCUT2D eigenvalue weighted by atomic mass is 10.2. The molecule has 2 aromatic rings. The van der Waals surface area contributed by atoms with Crippen LogP contribution in [0.25, 0.3) is 0 Å². The van der Waals surface area contributed by atoms with Crippen LogP contribution in [0.2, 0.25) is 0 Å². The summed E-state index contributed by atoms with van der Waals surface area (Å²) in [5.74, 6) is -0.609. The first-order valence-electron chi connectivity index (χ1n) is 7.33. The van der Waals surface area contributed by atoms with Crippen molar-refractivity contribution in [2.24, 2.45) is 0 Å². The Labute approximate surface area is 134 Å². The maximum Gasteiger partial charge on any atom is 0.337 e. The van der Waals surface area contributed by atoms with Crippen molar-refractivity contribution in [3.05, 3.63) is 53.9 Å². The van der Waals surface area contributed by atoms with E-state index in [1.54, 1.807) is 36.5 Å². The standard InChI is InChI=1S/C17H19N3O3/c1-3-8-19-16(21)15-11-14(7-9-18-15)20-13-6-4-5-12(10-13)17(22)23-2/h4-7,9-11H,3,8H2,1-2H3,(H,18,20)(H,19,21). The largest absolute Gasteiger partial charge is 0.465 e. The van der Waals surface area contributed by atoms with Gasteiger partial charge in [0.15, 0.2) is 0 Å². The van der Waals surface area contributed by atoms with Gasteiger partial charge < -0.3 is 15.4 Å². The molecule has 0 unspecified atom stereocenters. The SMILES string of the molecule is CCCNC(=O)c1cc(Nc2cccc(C(=O)OC)c2)ccn1. The van der Waals surface area contributed by atoms with Crippen LogP contribution < -0.4 is 10.6 Å². The smallest absolute Gasteiger partial charge is 0.337 e. The summed E-state index contributed by atoms with van der Waals surface area (Å²) in [6.07, 6.45) is 2.43. The van der Waals surface area contributed by atoms with E-state index in [0.717, 1.165) is 12.1 Å². The van der Waals surface area contributed by atoms with E-state index in [9.17, 15) is 9.59 Å². The molecule has 0 bridgehead atoms. The molecule has 0 aliphatic heterocycles. The number of aromatic nitrogens is 1. The Morgan fingerprint density at radius 2 is 1.96 bits per heavy atom. The van der Waals surface area contributed by atoms with Crippen molar-refractivity contribution in [3.8, 4) is 0 Å². The van der Waals surface area contributed by atoms with Crippen molar-refractivity contribution in [1.82, 2.24) is 10.3 Å². The Balaban J connectivity index is 2.14. The van der Waals surface area contributed by atoms with E-state index in [2.05, 4.69) is 15.6 Å². The van der Waals surface area contributed by atoms with Gasteiger partial charge in [-0.1, -0.05) is 13.0 Å². The Hall–Kier alpha value is -2.89. The van der Waals surface area contributed by atoms with Gasteiger partial charge in [-0.3, -0.25) is 9.78 Å². The number of pyridine rings is 1. The number of anilines is 2. The average Bonchev–Trinajstić information content (AvgIpc) is 2.59. The monoisotopic (exact) mass is 313 g/mol. The first-order chi connectivity index (χ1) is 11.1. The number of carbonyl (C=O) groups excluding carboxylic acids is 2. The van der Waals surface area contributed by atoms with Crippen LogP contribution in [0.5, 0.6) is 0 Å². The van der Waals surface area contributed by atoms with Crippen molar-refractivity contribution in [2.75, 3.05) is 19.0 Å². The van der Waals surface area contributed by atoms with Crippen LogP contribution in [-0.2, 0) is 4.74 Å². The van der Waals surface area contributed by atoms with Crippen LogP contribution in [0, 0.1) is 0 Å². The van der Waals surface area contributed by atoms with Gasteiger partial charge in [0, 0.05) is 24.1 Å². The second-order valence-electron chi connectivity index (χ2n) is 4.88. The normalized spacial score (nSPS) is 10.0. The third-order valence-electron chi connectivity index (χ3n) is 3.10. The van der Waals surface area contributed by atoms with Crippen molar-refractivity contribution < 1.29 is 14.3 Å². The number of hydrogen-bond donors (Lipinski definition) is 2. The van der Waals surface area contributed by atoms with Gasteiger partial charge in [0.1, 0.15) is 5.69 Å². The lowest BCUT2D eigenvalue weighted by Gasteiger charge is -2.09. The molecule has 6 heteroatoms. The van der Waals surface area contributed by atoms with E-state index in [4.69, 9.17) is 4.74 Å². The van der Waals surface area contributed by atoms with Crippen molar-refractivity contribution in [2.45, 2.75) is 13.3 Å². The first kappa shape index (κ1) is 16.5. The van der Waals surface area contributed by atoms with E-state index in [0.29, 0.717) is 23.5 Å². The van der Waals surface area contributed by atoms with Gasteiger partial charge in [0.25, 0.3) is 5.91 Å². The molecule has 1 amide bonds. The molecule has 1 aromatic heterocycles. The molecule has 2 N–H and O–H groups in total. The summed E-state index contributed by atoms with van der Waals surface area (Å²) < 4.78 is 4.70. The van der Waals surface area contributed by atoms with Gasteiger partial charge in [-0.05, 0) is 36.8 Å². The second-order valence-corrected chi connectivity index (χ2v) is 4.88. The molecule has 0 saturated heterocycles. The van der Waals surface area contributed by atoms with Crippen LogP contribution in [0.15, 0.2) is 42.6 Å². The molecule has 2 rings (SSSR count). The summed E-state index contributed by atoms with van der Waals surface area (Å²) in [4.78, 5) is 27.5. The highest BCUT2D eigenvalue weighted by Gasteiger charge is 2.08. The van der Waals surface area contributed by atoms with Crippen LogP contribution in [0.4, 0.5) is 11.4 Å². The highest BCUT2D eigenvalue weighted by atomic mass is 16.5. The third-order valence-corrected chi connectivity index (χ3v) is 3.10. The zero-order valence-electron chi connectivity index (χ0n) is 13.1. The van der Waals surface area contributed by atoms with Gasteiger partial charge in [-0.2, -0.15) is 0 Å². The predicted molar refractivity (Wildman–Crippen MR) is 87.9 cm³/mol. The summed E-state index contributed by atoms with van der Waals surface area (Å²) in [5.41, 5.74) is 2.22. The maximum atomic E-state index is 11.9. The first-order valence-corrected chi connectivity index (χ1v) is 7.33. The van der Waals surface area contributed by atoms with Crippen molar-refractivity contribution in [1.29, 1.82) is 0 Å². The van der Waals surface area contributed by atoms with E-state index >= 15 is 0 Å². The molecule has 0 aliphatic carbocycles.